The van der Waals surface area contributed by atoms with E-state index in [4.69, 9.17) is 4.74 Å². The number of carbonyl (C=O) groups excluding carboxylic acids is 12. The quantitative estimate of drug-likeness (QED) is 0.171. The average molecular weight is 1520 g/mol. The third-order valence-corrected chi connectivity index (χ3v) is 24.0. The highest BCUT2D eigenvalue weighted by molar-refractivity contribution is 6.01. The highest BCUT2D eigenvalue weighted by atomic mass is 19.4. The molecule has 8 aliphatic rings. The van der Waals surface area contributed by atoms with E-state index in [1.165, 1.54) is 71.1 Å². The van der Waals surface area contributed by atoms with E-state index >= 15 is 37.5 Å². The van der Waals surface area contributed by atoms with Gasteiger partial charge in [0.2, 0.25) is 70.9 Å². The fourth-order valence-electron chi connectivity index (χ4n) is 17.2. The number of ether oxygens (including phenoxy) is 1. The molecule has 25 nitrogen and oxygen atoms in total. The summed E-state index contributed by atoms with van der Waals surface area (Å²) in [5.74, 6) is -16.5. The summed E-state index contributed by atoms with van der Waals surface area (Å²) < 4.78 is 121. The Morgan fingerprint density at radius 3 is 1.78 bits per heavy atom. The van der Waals surface area contributed by atoms with Crippen molar-refractivity contribution in [2.75, 3.05) is 89.2 Å². The SMILES string of the molecule is CCO[C@@H]1C[C@H]2C(=O)NC3(CCC3)C(=O)N(C)[C@@H](C3CCCC3)C(=O)N(C)[C@H](C(=O)N(C)C)CC(=O)N(C)[C@@H](CC)C(=O)N[C@@H](C3CCC3)C(=O)N(C)CC(=O)N(C)[C@H]3C/C=C\CCN(C3=O)[C@@H](CC3CCC(C(F)(F)F)CC3)C(=O)N(C)CC(=O)N[C@@H](CCC3CC(F)C(C(F)(F)F)C(F)C3)C(=O)N2C1. The Bertz CT molecular complexity index is 3200. The Morgan fingerprint density at radius 1 is 0.604 bits per heavy atom. The number of amides is 12. The third kappa shape index (κ3) is 19.6. The van der Waals surface area contributed by atoms with Crippen molar-refractivity contribution in [3.8, 4) is 0 Å². The van der Waals surface area contributed by atoms with Gasteiger partial charge in [-0.3, -0.25) is 57.5 Å². The summed E-state index contributed by atoms with van der Waals surface area (Å²) in [6.07, 6.45) is -11.7. The fourth-order valence-corrected chi connectivity index (χ4v) is 17.2. The number of carbonyl (C=O) groups is 12. The zero-order valence-corrected chi connectivity index (χ0v) is 62.8. The summed E-state index contributed by atoms with van der Waals surface area (Å²) >= 11 is 0. The van der Waals surface area contributed by atoms with Crippen LogP contribution in [0.5, 0.6) is 0 Å². The minimum atomic E-state index is -5.21. The van der Waals surface area contributed by atoms with E-state index in [1.807, 2.05) is 0 Å². The van der Waals surface area contributed by atoms with Gasteiger partial charge in [0, 0.05) is 82.5 Å². The molecule has 1 spiro atoms. The number of likely N-dealkylation sites (N-methyl/N-ethyl adjacent to an activating group) is 7. The van der Waals surface area contributed by atoms with E-state index in [9.17, 15) is 55.1 Å². The Balaban J connectivity index is 1.19. The summed E-state index contributed by atoms with van der Waals surface area (Å²) in [7, 11) is 10.9. The van der Waals surface area contributed by atoms with Crippen LogP contribution in [0, 0.1) is 35.5 Å². The first kappa shape index (κ1) is 84.4. The zero-order chi connectivity index (χ0) is 78.2. The number of fused-ring (bicyclic) bond motifs is 3. The molecule has 2 bridgehead atoms. The van der Waals surface area contributed by atoms with Crippen LogP contribution in [0.4, 0.5) is 35.1 Å². The molecule has 596 valence electrons. The molecule has 106 heavy (non-hydrogen) atoms. The van der Waals surface area contributed by atoms with Crippen LogP contribution in [0.3, 0.4) is 0 Å². The topological polar surface area (TPSA) is 279 Å². The minimum absolute atomic E-state index is 0.000186. The average Bonchev–Trinajstić information content (AvgIpc) is 1.02. The molecular formula is C73H110F8N12O13. The molecule has 0 radical (unpaired) electrons. The van der Waals surface area contributed by atoms with Crippen molar-refractivity contribution in [1.82, 2.24) is 60.0 Å². The summed E-state index contributed by atoms with van der Waals surface area (Å²) in [6.45, 7) is 1.44. The van der Waals surface area contributed by atoms with Gasteiger partial charge in [0.05, 0.1) is 31.5 Å². The van der Waals surface area contributed by atoms with Gasteiger partial charge >= 0.3 is 12.4 Å². The van der Waals surface area contributed by atoms with E-state index in [-0.39, 0.29) is 96.7 Å². The lowest BCUT2D eigenvalue weighted by Crippen LogP contribution is -2.68. The first-order valence-electron chi connectivity index (χ1n) is 37.8. The first-order chi connectivity index (χ1) is 49.8. The van der Waals surface area contributed by atoms with Crippen molar-refractivity contribution in [2.45, 2.75) is 253 Å². The lowest BCUT2D eigenvalue weighted by atomic mass is 9.74. The molecule has 3 aliphatic heterocycles. The van der Waals surface area contributed by atoms with Gasteiger partial charge in [0.25, 0.3) is 0 Å². The fraction of sp³-hybridized carbons (Fsp3) is 0.808. The van der Waals surface area contributed by atoms with Gasteiger partial charge in [0.15, 0.2) is 0 Å². The number of hydrogen-bond donors (Lipinski definition) is 3. The van der Waals surface area contributed by atoms with Gasteiger partial charge in [-0.2, -0.15) is 26.3 Å². The smallest absolute Gasteiger partial charge is 0.377 e. The molecule has 5 aliphatic carbocycles. The molecule has 3 N–H and O–H groups in total. The van der Waals surface area contributed by atoms with Crippen molar-refractivity contribution in [1.29, 1.82) is 0 Å². The van der Waals surface area contributed by atoms with Crippen molar-refractivity contribution in [3.05, 3.63) is 12.2 Å². The third-order valence-electron chi connectivity index (χ3n) is 24.0. The first-order valence-corrected chi connectivity index (χ1v) is 37.8. The van der Waals surface area contributed by atoms with Crippen molar-refractivity contribution >= 4 is 70.9 Å². The van der Waals surface area contributed by atoms with Crippen molar-refractivity contribution in [3.63, 3.8) is 0 Å². The normalized spacial score (nSPS) is 32.8. The number of nitrogens with zero attached hydrogens (tertiary/aromatic N) is 9. The van der Waals surface area contributed by atoms with E-state index < -0.39 is 230 Å². The summed E-state index contributed by atoms with van der Waals surface area (Å²) in [5.41, 5.74) is -1.68. The van der Waals surface area contributed by atoms with Crippen LogP contribution in [0.1, 0.15) is 168 Å². The van der Waals surface area contributed by atoms with Crippen molar-refractivity contribution in [2.24, 2.45) is 35.5 Å². The maximum atomic E-state index is 15.5. The van der Waals surface area contributed by atoms with Gasteiger partial charge in [0.1, 0.15) is 72.1 Å². The standard InChI is InChI=1S/C73H110F8N12O13/c1-11-51-62(97)83-60(44-22-18-23-44)68(103)87(6)41-58(96)89(8)52-24-14-13-17-33-92(67(52)102)55(36-42-25-28-46(29-26-42)72(76,77)78)66(101)86(5)40-56(94)82-50(30-27-43-34-48(74)59(49(75)35-43)73(79,80)81)64(99)93-39-47(106-12-2)37-53(93)63(98)84-71(31-19-32-71)70(105)91(10)61(45-20-15-16-21-45)69(104)90(9)54(65(100)85(3)4)38-57(95)88(51)7/h13-14,42-55,59-61H,11-12,15-41H2,1-10H3,(H,82,94)(H,83,97)(H,84,98)/b14-13-/t42?,43?,46?,47-,48?,49?,50+,51+,52+,53+,54+,55+,59?,60+,61+/m1/s1. The molecule has 11 atom stereocenters. The lowest BCUT2D eigenvalue weighted by molar-refractivity contribution is -0.219. The molecule has 3 heterocycles. The Hall–Kier alpha value is -7.22. The largest absolute Gasteiger partial charge is 0.397 e. The highest BCUT2D eigenvalue weighted by Gasteiger charge is 2.56. The van der Waals surface area contributed by atoms with Gasteiger partial charge < -0.3 is 64.8 Å². The second kappa shape index (κ2) is 35.9. The van der Waals surface area contributed by atoms with Gasteiger partial charge in [-0.25, -0.2) is 8.78 Å². The summed E-state index contributed by atoms with van der Waals surface area (Å²) in [6, 6.07) is -11.2. The summed E-state index contributed by atoms with van der Waals surface area (Å²) in [4.78, 5) is 190. The Kier molecular flexibility index (Phi) is 28.6. The Labute approximate surface area is 615 Å². The van der Waals surface area contributed by atoms with Crippen LogP contribution in [-0.4, -0.2) is 289 Å². The monoisotopic (exact) mass is 1510 g/mol. The number of nitrogens with one attached hydrogen (secondary N) is 3. The molecule has 5 saturated carbocycles. The molecule has 2 saturated heterocycles. The number of halogens is 8. The molecule has 0 aromatic heterocycles. The predicted molar refractivity (Wildman–Crippen MR) is 370 cm³/mol. The van der Waals surface area contributed by atoms with Crippen LogP contribution in [0.15, 0.2) is 12.2 Å². The molecule has 8 rings (SSSR count). The van der Waals surface area contributed by atoms with E-state index in [2.05, 4.69) is 16.0 Å². The second-order valence-corrected chi connectivity index (χ2v) is 31.2. The zero-order valence-electron chi connectivity index (χ0n) is 62.8. The highest BCUT2D eigenvalue weighted by Crippen LogP contribution is 2.46. The van der Waals surface area contributed by atoms with Crippen LogP contribution >= 0.6 is 0 Å². The molecule has 7 fully saturated rings. The van der Waals surface area contributed by atoms with E-state index in [0.717, 1.165) is 29.4 Å². The minimum Gasteiger partial charge on any atom is -0.377 e. The maximum absolute atomic E-state index is 15.5. The maximum Gasteiger partial charge on any atom is 0.397 e. The van der Waals surface area contributed by atoms with Crippen molar-refractivity contribution < 1.29 is 97.4 Å². The second-order valence-electron chi connectivity index (χ2n) is 31.2. The number of hydrogen-bond acceptors (Lipinski definition) is 13. The molecule has 33 heteroatoms. The molecule has 0 aromatic carbocycles. The number of rotatable bonds is 11. The van der Waals surface area contributed by atoms with Gasteiger partial charge in [-0.05, 0) is 153 Å². The Morgan fingerprint density at radius 2 is 1.23 bits per heavy atom. The lowest BCUT2D eigenvalue weighted by Gasteiger charge is -2.46. The molecule has 0 aromatic rings. The predicted octanol–water partition coefficient (Wildman–Crippen LogP) is 5.47. The van der Waals surface area contributed by atoms with Crippen LogP contribution in [0.2, 0.25) is 0 Å². The van der Waals surface area contributed by atoms with Gasteiger partial charge in [-0.15, -0.1) is 0 Å². The van der Waals surface area contributed by atoms with Crippen LogP contribution < -0.4 is 16.0 Å². The number of alkyl halides is 8. The van der Waals surface area contributed by atoms with Crippen LogP contribution in [-0.2, 0) is 62.3 Å². The van der Waals surface area contributed by atoms with E-state index in [0.29, 0.717) is 51.4 Å². The van der Waals surface area contributed by atoms with Gasteiger partial charge in [-0.1, -0.05) is 38.3 Å². The van der Waals surface area contributed by atoms with Crippen LogP contribution in [0.25, 0.3) is 0 Å². The molecule has 12 amide bonds. The molecule has 2 unspecified atom stereocenters. The summed E-state index contributed by atoms with van der Waals surface area (Å²) in [5, 5.41) is 8.40. The van der Waals surface area contributed by atoms with E-state index in [1.54, 1.807) is 26.0 Å². The molecular weight excluding hydrogens is 1400 g/mol.